The van der Waals surface area contributed by atoms with Crippen LogP contribution in [-0.4, -0.2) is 27.7 Å². The maximum absolute atomic E-state index is 12.2. The Morgan fingerprint density at radius 2 is 1.97 bits per heavy atom. The molecular formula is C21H15N5O4S. The quantitative estimate of drug-likeness (QED) is 0.473. The van der Waals surface area contributed by atoms with E-state index in [1.807, 2.05) is 12.1 Å². The summed E-state index contributed by atoms with van der Waals surface area (Å²) in [6, 6.07) is 13.1. The summed E-state index contributed by atoms with van der Waals surface area (Å²) in [7, 11) is 0. The van der Waals surface area contributed by atoms with Crippen molar-refractivity contribution in [1.29, 1.82) is 10.5 Å². The summed E-state index contributed by atoms with van der Waals surface area (Å²) >= 11 is 1.14. The van der Waals surface area contributed by atoms with Gasteiger partial charge in [-0.1, -0.05) is 6.07 Å². The van der Waals surface area contributed by atoms with Gasteiger partial charge < -0.3 is 20.6 Å². The van der Waals surface area contributed by atoms with Crippen LogP contribution in [-0.2, 0) is 4.79 Å². The fourth-order valence-corrected chi connectivity index (χ4v) is 3.70. The molecule has 4 N–H and O–H groups in total. The monoisotopic (exact) mass is 433 g/mol. The zero-order valence-corrected chi connectivity index (χ0v) is 16.8. The van der Waals surface area contributed by atoms with Gasteiger partial charge in [0.25, 0.3) is 0 Å². The molecule has 0 radical (unpaired) electrons. The molecule has 0 aliphatic heterocycles. The van der Waals surface area contributed by atoms with Crippen molar-refractivity contribution in [3.63, 3.8) is 0 Å². The number of thioether (sulfide) groups is 1. The number of carboxylic acid groups (broad SMARTS) is 1. The summed E-state index contributed by atoms with van der Waals surface area (Å²) in [5.41, 5.74) is 6.79. The van der Waals surface area contributed by atoms with Crippen molar-refractivity contribution in [2.24, 2.45) is 0 Å². The van der Waals surface area contributed by atoms with Gasteiger partial charge in [0.15, 0.2) is 0 Å². The lowest BCUT2D eigenvalue weighted by Crippen LogP contribution is -2.13. The van der Waals surface area contributed by atoms with E-state index in [2.05, 4.69) is 10.3 Å². The second kappa shape index (κ2) is 9.48. The van der Waals surface area contributed by atoms with Crippen molar-refractivity contribution >= 4 is 35.1 Å². The van der Waals surface area contributed by atoms with Gasteiger partial charge in [-0.3, -0.25) is 4.79 Å². The van der Waals surface area contributed by atoms with E-state index in [-0.39, 0.29) is 51.2 Å². The molecule has 10 heteroatoms. The summed E-state index contributed by atoms with van der Waals surface area (Å²) in [6.07, 6.45) is 1.50. The van der Waals surface area contributed by atoms with E-state index in [1.54, 1.807) is 18.2 Å². The zero-order chi connectivity index (χ0) is 22.4. The van der Waals surface area contributed by atoms with E-state index >= 15 is 0 Å². The number of nitrogens with two attached hydrogens (primary N) is 1. The van der Waals surface area contributed by atoms with Crippen LogP contribution in [0, 0.1) is 22.7 Å². The number of nitrogens with zero attached hydrogens (tertiary/aromatic N) is 3. The Balaban J connectivity index is 1.74. The summed E-state index contributed by atoms with van der Waals surface area (Å²) in [6.45, 7) is 0. The standard InChI is InChI=1S/C21H15N5O4S/c22-10-14-18(16-5-2-7-30-16)15(11-23)20(26-19(14)24)31-8-6-17(27)25-13-4-1-3-12(9-13)21(28)29/h1-5,7,9H,6,8H2,(H2,24,26)(H,25,27)(H,28,29). The first-order valence-electron chi connectivity index (χ1n) is 8.88. The largest absolute Gasteiger partial charge is 0.478 e. The minimum Gasteiger partial charge on any atom is -0.478 e. The maximum Gasteiger partial charge on any atom is 0.335 e. The van der Waals surface area contributed by atoms with Crippen molar-refractivity contribution < 1.29 is 19.1 Å². The van der Waals surface area contributed by atoms with Crippen LogP contribution in [0.5, 0.6) is 0 Å². The third kappa shape index (κ3) is 4.83. The predicted molar refractivity (Wildman–Crippen MR) is 113 cm³/mol. The lowest BCUT2D eigenvalue weighted by molar-refractivity contribution is -0.115. The highest BCUT2D eigenvalue weighted by Gasteiger charge is 2.22. The molecule has 3 rings (SSSR count). The summed E-state index contributed by atoms with van der Waals surface area (Å²) in [5.74, 6) is -0.867. The van der Waals surface area contributed by atoms with Gasteiger partial charge >= 0.3 is 5.97 Å². The predicted octanol–water partition coefficient (Wildman–Crippen LogP) is 3.49. The average molecular weight is 433 g/mol. The summed E-state index contributed by atoms with van der Waals surface area (Å²) in [5, 5.41) is 31.0. The highest BCUT2D eigenvalue weighted by atomic mass is 32.2. The van der Waals surface area contributed by atoms with E-state index in [1.165, 1.54) is 24.5 Å². The van der Waals surface area contributed by atoms with Crippen LogP contribution in [0.15, 0.2) is 52.1 Å². The Morgan fingerprint density at radius 3 is 2.61 bits per heavy atom. The first-order valence-corrected chi connectivity index (χ1v) is 9.86. The van der Waals surface area contributed by atoms with E-state index in [0.717, 1.165) is 11.8 Å². The third-order valence-electron chi connectivity index (χ3n) is 4.14. The van der Waals surface area contributed by atoms with Crippen LogP contribution in [0.3, 0.4) is 0 Å². The number of benzene rings is 1. The minimum atomic E-state index is -1.09. The van der Waals surface area contributed by atoms with Gasteiger partial charge in [0.1, 0.15) is 34.3 Å². The number of hydrogen-bond acceptors (Lipinski definition) is 8. The molecule has 1 aromatic carbocycles. The lowest BCUT2D eigenvalue weighted by Gasteiger charge is -2.11. The minimum absolute atomic E-state index is 0.0367. The van der Waals surface area contributed by atoms with E-state index in [4.69, 9.17) is 15.3 Å². The van der Waals surface area contributed by atoms with Crippen molar-refractivity contribution in [3.8, 4) is 23.5 Å². The number of aromatic carboxylic acids is 1. The van der Waals surface area contributed by atoms with E-state index in [0.29, 0.717) is 11.4 Å². The van der Waals surface area contributed by atoms with Crippen LogP contribution >= 0.6 is 11.8 Å². The van der Waals surface area contributed by atoms with Crippen molar-refractivity contribution in [1.82, 2.24) is 4.98 Å². The first-order chi connectivity index (χ1) is 14.9. The molecule has 154 valence electrons. The molecule has 2 heterocycles. The number of carboxylic acids is 1. The molecule has 0 spiro atoms. The van der Waals surface area contributed by atoms with Crippen molar-refractivity contribution in [2.75, 3.05) is 16.8 Å². The van der Waals surface area contributed by atoms with Gasteiger partial charge in [-0.15, -0.1) is 11.8 Å². The molecule has 0 aliphatic carbocycles. The summed E-state index contributed by atoms with van der Waals surface area (Å²) in [4.78, 5) is 27.4. The Labute approximate surface area is 181 Å². The van der Waals surface area contributed by atoms with Crippen LogP contribution in [0.25, 0.3) is 11.3 Å². The van der Waals surface area contributed by atoms with Gasteiger partial charge in [0.05, 0.1) is 23.0 Å². The number of pyridine rings is 1. The van der Waals surface area contributed by atoms with Crippen LogP contribution < -0.4 is 11.1 Å². The van der Waals surface area contributed by atoms with Crippen LogP contribution in [0.1, 0.15) is 27.9 Å². The van der Waals surface area contributed by atoms with E-state index in [9.17, 15) is 20.1 Å². The van der Waals surface area contributed by atoms with Crippen molar-refractivity contribution in [2.45, 2.75) is 11.4 Å². The first kappa shape index (κ1) is 21.4. The molecule has 0 bridgehead atoms. The molecule has 3 aromatic rings. The highest BCUT2D eigenvalue weighted by molar-refractivity contribution is 7.99. The van der Waals surface area contributed by atoms with Crippen molar-refractivity contribution in [3.05, 3.63) is 59.4 Å². The third-order valence-corrected chi connectivity index (χ3v) is 5.12. The Hall–Kier alpha value is -4.28. The number of rotatable bonds is 7. The SMILES string of the molecule is N#Cc1c(N)nc(SCCC(=O)Nc2cccc(C(=O)O)c2)c(C#N)c1-c1ccco1. The van der Waals surface area contributed by atoms with Gasteiger partial charge in [0, 0.05) is 17.9 Å². The Kier molecular flexibility index (Phi) is 6.55. The Bertz CT molecular complexity index is 1230. The number of furan rings is 1. The number of nitrogens with one attached hydrogen (secondary N) is 1. The number of anilines is 2. The van der Waals surface area contributed by atoms with Gasteiger partial charge in [-0.05, 0) is 30.3 Å². The fraction of sp³-hybridized carbons (Fsp3) is 0.0952. The molecule has 0 aliphatic rings. The molecule has 31 heavy (non-hydrogen) atoms. The summed E-state index contributed by atoms with van der Waals surface area (Å²) < 4.78 is 5.35. The zero-order valence-electron chi connectivity index (χ0n) is 16.0. The van der Waals surface area contributed by atoms with E-state index < -0.39 is 5.97 Å². The molecule has 1 amide bonds. The van der Waals surface area contributed by atoms with Crippen LogP contribution in [0.4, 0.5) is 11.5 Å². The van der Waals surface area contributed by atoms with Gasteiger partial charge in [-0.25, -0.2) is 9.78 Å². The second-order valence-electron chi connectivity index (χ2n) is 6.16. The number of carbonyl (C=O) groups is 2. The topological polar surface area (TPSA) is 166 Å². The smallest absolute Gasteiger partial charge is 0.335 e. The second-order valence-corrected chi connectivity index (χ2v) is 7.24. The number of carbonyl (C=O) groups excluding carboxylic acids is 1. The lowest BCUT2D eigenvalue weighted by atomic mass is 10.0. The van der Waals surface area contributed by atoms with Crippen LogP contribution in [0.2, 0.25) is 0 Å². The average Bonchev–Trinajstić information content (AvgIpc) is 3.28. The molecule has 0 unspecified atom stereocenters. The molecular weight excluding hydrogens is 418 g/mol. The highest BCUT2D eigenvalue weighted by Crippen LogP contribution is 2.35. The molecule has 0 saturated heterocycles. The number of aromatic nitrogens is 1. The molecule has 9 nitrogen and oxygen atoms in total. The maximum atomic E-state index is 12.2. The number of amides is 1. The Morgan fingerprint density at radius 1 is 1.19 bits per heavy atom. The molecule has 0 fully saturated rings. The number of nitriles is 2. The van der Waals surface area contributed by atoms with Gasteiger partial charge in [-0.2, -0.15) is 10.5 Å². The molecule has 0 atom stereocenters. The van der Waals surface area contributed by atoms with Gasteiger partial charge in [0.2, 0.25) is 5.91 Å². The molecule has 0 saturated carbocycles. The normalized spacial score (nSPS) is 10.1. The number of nitrogen functional groups attached to an aromatic ring is 1. The fourth-order valence-electron chi connectivity index (χ4n) is 2.76. The number of hydrogen-bond donors (Lipinski definition) is 3. The molecule has 2 aromatic heterocycles.